The lowest BCUT2D eigenvalue weighted by Gasteiger charge is -2.10. The minimum Gasteiger partial charge on any atom is -0.478 e. The molecule has 0 saturated carbocycles. The summed E-state index contributed by atoms with van der Waals surface area (Å²) in [4.78, 5) is 19.8. The minimum atomic E-state index is -1.03. The van der Waals surface area contributed by atoms with Crippen molar-refractivity contribution in [2.24, 2.45) is 0 Å². The second-order valence-electron chi connectivity index (χ2n) is 4.76. The molecular weight excluding hydrogens is 256 g/mol. The number of carbonyl (C=O) groups is 1. The van der Waals surface area contributed by atoms with Crippen molar-refractivity contribution in [1.29, 1.82) is 0 Å². The van der Waals surface area contributed by atoms with Crippen LogP contribution in [0.25, 0.3) is 0 Å². The normalized spacial score (nSPS) is 10.6. The molecule has 0 spiro atoms. The largest absolute Gasteiger partial charge is 0.478 e. The number of carboxylic acid groups (broad SMARTS) is 1. The molecular formula is C15H16N2O3. The smallest absolute Gasteiger partial charge is 0.339 e. The van der Waals surface area contributed by atoms with Crippen molar-refractivity contribution in [3.8, 4) is 11.6 Å². The van der Waals surface area contributed by atoms with Gasteiger partial charge in [-0.3, -0.25) is 0 Å². The van der Waals surface area contributed by atoms with Gasteiger partial charge in [0, 0.05) is 17.7 Å². The lowest BCUT2D eigenvalue weighted by molar-refractivity contribution is 0.0694. The summed E-state index contributed by atoms with van der Waals surface area (Å²) in [5.74, 6) is 0.443. The molecule has 1 aromatic heterocycles. The van der Waals surface area contributed by atoms with Gasteiger partial charge in [-0.25, -0.2) is 9.78 Å². The zero-order valence-corrected chi connectivity index (χ0v) is 11.6. The Hall–Kier alpha value is -2.43. The van der Waals surface area contributed by atoms with Crippen LogP contribution in [0.5, 0.6) is 11.6 Å². The molecule has 5 nitrogen and oxygen atoms in total. The predicted octanol–water partition coefficient (Wildman–Crippen LogP) is 3.40. The van der Waals surface area contributed by atoms with E-state index >= 15 is 0 Å². The Morgan fingerprint density at radius 1 is 1.25 bits per heavy atom. The Morgan fingerprint density at radius 2 is 1.95 bits per heavy atom. The van der Waals surface area contributed by atoms with E-state index in [0.29, 0.717) is 11.7 Å². The molecule has 0 fully saturated rings. The van der Waals surface area contributed by atoms with Gasteiger partial charge in [-0.15, -0.1) is 0 Å². The van der Waals surface area contributed by atoms with Crippen LogP contribution in [0.15, 0.2) is 30.3 Å². The molecule has 0 radical (unpaired) electrons. The fraction of sp³-hybridized carbons (Fsp3) is 0.267. The zero-order valence-electron chi connectivity index (χ0n) is 11.6. The topological polar surface area (TPSA) is 72.3 Å². The number of rotatable bonds is 4. The third-order valence-corrected chi connectivity index (χ3v) is 2.70. The highest BCUT2D eigenvalue weighted by molar-refractivity contribution is 5.90. The summed E-state index contributed by atoms with van der Waals surface area (Å²) in [7, 11) is 0. The van der Waals surface area contributed by atoms with Crippen molar-refractivity contribution < 1.29 is 14.6 Å². The Bertz CT molecular complexity index is 639. The standard InChI is InChI=1S/C15H16N2O3/c1-9(2)14-16-10(3)8-13(17-14)20-12-7-5-4-6-11(12)15(18)19/h4-9H,1-3H3,(H,18,19). The quantitative estimate of drug-likeness (QED) is 0.923. The summed E-state index contributed by atoms with van der Waals surface area (Å²) >= 11 is 0. The first-order valence-corrected chi connectivity index (χ1v) is 6.33. The highest BCUT2D eigenvalue weighted by atomic mass is 16.5. The minimum absolute atomic E-state index is 0.106. The van der Waals surface area contributed by atoms with E-state index in [2.05, 4.69) is 9.97 Å². The molecule has 0 bridgehead atoms. The van der Waals surface area contributed by atoms with Crippen LogP contribution >= 0.6 is 0 Å². The van der Waals surface area contributed by atoms with E-state index in [1.807, 2.05) is 20.8 Å². The van der Waals surface area contributed by atoms with E-state index in [4.69, 9.17) is 9.84 Å². The number of hydrogen-bond donors (Lipinski definition) is 1. The second-order valence-corrected chi connectivity index (χ2v) is 4.76. The SMILES string of the molecule is Cc1cc(Oc2ccccc2C(=O)O)nc(C(C)C)n1. The molecule has 20 heavy (non-hydrogen) atoms. The summed E-state index contributed by atoms with van der Waals surface area (Å²) < 4.78 is 5.61. The number of aromatic nitrogens is 2. The highest BCUT2D eigenvalue weighted by Crippen LogP contribution is 2.25. The van der Waals surface area contributed by atoms with Gasteiger partial charge in [-0.2, -0.15) is 4.98 Å². The second kappa shape index (κ2) is 5.69. The van der Waals surface area contributed by atoms with Crippen LogP contribution < -0.4 is 4.74 Å². The van der Waals surface area contributed by atoms with Gasteiger partial charge in [0.25, 0.3) is 0 Å². The van der Waals surface area contributed by atoms with E-state index in [-0.39, 0.29) is 17.2 Å². The molecule has 104 valence electrons. The molecule has 1 N–H and O–H groups in total. The first-order valence-electron chi connectivity index (χ1n) is 6.33. The molecule has 0 amide bonds. The maximum Gasteiger partial charge on any atom is 0.339 e. The van der Waals surface area contributed by atoms with E-state index in [9.17, 15) is 4.79 Å². The highest BCUT2D eigenvalue weighted by Gasteiger charge is 2.13. The van der Waals surface area contributed by atoms with Gasteiger partial charge < -0.3 is 9.84 Å². The molecule has 0 aliphatic carbocycles. The molecule has 2 aromatic rings. The lowest BCUT2D eigenvalue weighted by atomic mass is 10.2. The Kier molecular flexibility index (Phi) is 3.98. The molecule has 0 aliphatic heterocycles. The molecule has 0 atom stereocenters. The van der Waals surface area contributed by atoms with Crippen LogP contribution in [0.2, 0.25) is 0 Å². The Morgan fingerprint density at radius 3 is 2.60 bits per heavy atom. The molecule has 0 aliphatic rings. The fourth-order valence-electron chi connectivity index (χ4n) is 1.72. The average Bonchev–Trinajstić information content (AvgIpc) is 2.38. The number of aromatic carboxylic acids is 1. The molecule has 0 saturated heterocycles. The first-order chi connectivity index (χ1) is 9.47. The van der Waals surface area contributed by atoms with Gasteiger partial charge in [0.15, 0.2) is 0 Å². The number of benzene rings is 1. The van der Waals surface area contributed by atoms with Gasteiger partial charge in [0.2, 0.25) is 5.88 Å². The van der Waals surface area contributed by atoms with Crippen LogP contribution in [0.1, 0.15) is 41.6 Å². The number of para-hydroxylation sites is 1. The van der Waals surface area contributed by atoms with E-state index < -0.39 is 5.97 Å². The van der Waals surface area contributed by atoms with Crippen molar-refractivity contribution in [2.75, 3.05) is 0 Å². The zero-order chi connectivity index (χ0) is 14.7. The van der Waals surface area contributed by atoms with Crippen molar-refractivity contribution in [2.45, 2.75) is 26.7 Å². The van der Waals surface area contributed by atoms with Crippen LogP contribution in [0.4, 0.5) is 0 Å². The summed E-state index contributed by atoms with van der Waals surface area (Å²) in [6.45, 7) is 5.83. The van der Waals surface area contributed by atoms with Crippen LogP contribution in [-0.2, 0) is 0 Å². The molecule has 0 unspecified atom stereocenters. The van der Waals surface area contributed by atoms with E-state index in [1.54, 1.807) is 24.3 Å². The van der Waals surface area contributed by atoms with Crippen molar-refractivity contribution in [1.82, 2.24) is 9.97 Å². The first kappa shape index (κ1) is 14.0. The van der Waals surface area contributed by atoms with Gasteiger partial charge in [0.05, 0.1) is 0 Å². The van der Waals surface area contributed by atoms with Crippen LogP contribution in [0.3, 0.4) is 0 Å². The third-order valence-electron chi connectivity index (χ3n) is 2.70. The summed E-state index contributed by atoms with van der Waals surface area (Å²) in [5.41, 5.74) is 0.890. The maximum atomic E-state index is 11.1. The number of hydrogen-bond acceptors (Lipinski definition) is 4. The van der Waals surface area contributed by atoms with Gasteiger partial charge in [-0.1, -0.05) is 26.0 Å². The Labute approximate surface area is 117 Å². The van der Waals surface area contributed by atoms with Gasteiger partial charge in [0.1, 0.15) is 17.1 Å². The monoisotopic (exact) mass is 272 g/mol. The van der Waals surface area contributed by atoms with E-state index in [1.165, 1.54) is 6.07 Å². The molecule has 2 rings (SSSR count). The maximum absolute atomic E-state index is 11.1. The van der Waals surface area contributed by atoms with Crippen LogP contribution in [0, 0.1) is 6.92 Å². The summed E-state index contributed by atoms with van der Waals surface area (Å²) in [5, 5.41) is 9.13. The van der Waals surface area contributed by atoms with Crippen molar-refractivity contribution >= 4 is 5.97 Å². The lowest BCUT2D eigenvalue weighted by Crippen LogP contribution is -2.03. The number of carboxylic acids is 1. The average molecular weight is 272 g/mol. The summed E-state index contributed by atoms with van der Waals surface area (Å²) in [6, 6.07) is 8.16. The van der Waals surface area contributed by atoms with Crippen molar-refractivity contribution in [3.63, 3.8) is 0 Å². The van der Waals surface area contributed by atoms with Crippen LogP contribution in [-0.4, -0.2) is 21.0 Å². The number of ether oxygens (including phenoxy) is 1. The molecule has 1 aromatic carbocycles. The predicted molar refractivity (Wildman–Crippen MR) is 74.3 cm³/mol. The fourth-order valence-corrected chi connectivity index (χ4v) is 1.72. The van der Waals surface area contributed by atoms with Crippen molar-refractivity contribution in [3.05, 3.63) is 47.4 Å². The van der Waals surface area contributed by atoms with Gasteiger partial charge >= 0.3 is 5.97 Å². The van der Waals surface area contributed by atoms with Gasteiger partial charge in [-0.05, 0) is 19.1 Å². The number of nitrogens with zero attached hydrogens (tertiary/aromatic N) is 2. The molecule has 5 heteroatoms. The third kappa shape index (κ3) is 3.12. The summed E-state index contributed by atoms with van der Waals surface area (Å²) in [6.07, 6.45) is 0. The Balaban J connectivity index is 2.38. The molecule has 1 heterocycles. The number of aryl methyl sites for hydroxylation is 1. The van der Waals surface area contributed by atoms with E-state index in [0.717, 1.165) is 5.69 Å².